The molecule has 0 bridgehead atoms. The maximum atomic E-state index is 9.11. The topological polar surface area (TPSA) is 32.3 Å². The predicted octanol–water partition coefficient (Wildman–Crippen LogP) is 2.67. The Balaban J connectivity index is 2.05. The smallest absolute Gasteiger partial charge is 0.0445 e. The van der Waals surface area contributed by atoms with Gasteiger partial charge in [0.05, 0.1) is 0 Å². The van der Waals surface area contributed by atoms with E-state index >= 15 is 0 Å². The number of aliphatic hydroxyl groups is 1. The molecule has 1 aromatic rings. The third kappa shape index (κ3) is 2.88. The fourth-order valence-corrected chi connectivity index (χ4v) is 2.74. The number of nitrogens with one attached hydrogen (secondary N) is 1. The van der Waals surface area contributed by atoms with Crippen LogP contribution in [0.5, 0.6) is 0 Å². The molecular formula is C15H23NO. The van der Waals surface area contributed by atoms with Gasteiger partial charge in [0.1, 0.15) is 0 Å². The normalized spacial score (nSPS) is 20.6. The van der Waals surface area contributed by atoms with Gasteiger partial charge >= 0.3 is 0 Å². The molecule has 0 spiro atoms. The Kier molecular flexibility index (Phi) is 4.19. The number of aryl methyl sites for hydroxylation is 1. The van der Waals surface area contributed by atoms with Gasteiger partial charge in [-0.05, 0) is 36.3 Å². The Bertz CT molecular complexity index is 362. The van der Waals surface area contributed by atoms with Gasteiger partial charge in [0, 0.05) is 18.7 Å². The molecule has 0 fully saturated rings. The van der Waals surface area contributed by atoms with Crippen LogP contribution in [0.3, 0.4) is 0 Å². The minimum atomic E-state index is 0.268. The van der Waals surface area contributed by atoms with E-state index in [1.165, 1.54) is 24.0 Å². The first-order valence-electron chi connectivity index (χ1n) is 6.67. The van der Waals surface area contributed by atoms with Crippen LogP contribution in [0.4, 0.5) is 0 Å². The van der Waals surface area contributed by atoms with Crippen molar-refractivity contribution in [3.8, 4) is 0 Å². The highest BCUT2D eigenvalue weighted by Gasteiger charge is 2.25. The van der Waals surface area contributed by atoms with E-state index in [0.717, 1.165) is 6.42 Å². The summed E-state index contributed by atoms with van der Waals surface area (Å²) in [4.78, 5) is 0. The quantitative estimate of drug-likeness (QED) is 0.819. The molecule has 2 unspecified atom stereocenters. The van der Waals surface area contributed by atoms with E-state index < -0.39 is 0 Å². The van der Waals surface area contributed by atoms with Crippen molar-refractivity contribution in [2.45, 2.75) is 45.2 Å². The van der Waals surface area contributed by atoms with Gasteiger partial charge in [-0.2, -0.15) is 0 Å². The molecule has 0 heterocycles. The van der Waals surface area contributed by atoms with Crippen LogP contribution in [-0.4, -0.2) is 17.8 Å². The van der Waals surface area contributed by atoms with Crippen LogP contribution in [-0.2, 0) is 6.42 Å². The molecule has 1 aromatic carbocycles. The lowest BCUT2D eigenvalue weighted by Crippen LogP contribution is -2.36. The van der Waals surface area contributed by atoms with E-state index in [4.69, 9.17) is 5.11 Å². The van der Waals surface area contributed by atoms with Gasteiger partial charge in [0.2, 0.25) is 0 Å². The summed E-state index contributed by atoms with van der Waals surface area (Å²) in [5, 5.41) is 12.8. The van der Waals surface area contributed by atoms with Crippen molar-refractivity contribution >= 4 is 0 Å². The molecule has 0 saturated heterocycles. The highest BCUT2D eigenvalue weighted by molar-refractivity contribution is 5.34. The minimum absolute atomic E-state index is 0.268. The van der Waals surface area contributed by atoms with E-state index in [1.807, 2.05) is 0 Å². The fraction of sp³-hybridized carbons (Fsp3) is 0.600. The van der Waals surface area contributed by atoms with Gasteiger partial charge in [-0.1, -0.05) is 38.1 Å². The highest BCUT2D eigenvalue weighted by atomic mass is 16.3. The van der Waals surface area contributed by atoms with Crippen molar-refractivity contribution in [1.82, 2.24) is 5.32 Å². The molecule has 1 aliphatic rings. The van der Waals surface area contributed by atoms with Crippen molar-refractivity contribution in [2.75, 3.05) is 6.61 Å². The van der Waals surface area contributed by atoms with Crippen LogP contribution >= 0.6 is 0 Å². The molecule has 0 saturated carbocycles. The zero-order valence-electron chi connectivity index (χ0n) is 10.8. The summed E-state index contributed by atoms with van der Waals surface area (Å²) in [7, 11) is 0. The zero-order chi connectivity index (χ0) is 12.3. The lowest BCUT2D eigenvalue weighted by atomic mass is 9.99. The number of aliphatic hydroxyl groups excluding tert-OH is 1. The summed E-state index contributed by atoms with van der Waals surface area (Å²) in [6.45, 7) is 4.70. The number of hydrogen-bond acceptors (Lipinski definition) is 2. The van der Waals surface area contributed by atoms with Gasteiger partial charge in [0.25, 0.3) is 0 Å². The summed E-state index contributed by atoms with van der Waals surface area (Å²) in [5.74, 6) is 0.565. The van der Waals surface area contributed by atoms with Crippen molar-refractivity contribution in [1.29, 1.82) is 0 Å². The molecule has 2 rings (SSSR count). The summed E-state index contributed by atoms with van der Waals surface area (Å²) in [6.07, 6.45) is 3.21. The lowest BCUT2D eigenvalue weighted by molar-refractivity contribution is 0.234. The molecule has 2 heteroatoms. The van der Waals surface area contributed by atoms with Gasteiger partial charge in [0.15, 0.2) is 0 Å². The third-order valence-corrected chi connectivity index (χ3v) is 3.79. The molecule has 94 valence electrons. The second-order valence-electron chi connectivity index (χ2n) is 5.32. The molecule has 1 aliphatic carbocycles. The van der Waals surface area contributed by atoms with Crippen LogP contribution in [0.15, 0.2) is 24.3 Å². The van der Waals surface area contributed by atoms with Crippen molar-refractivity contribution in [3.63, 3.8) is 0 Å². The second kappa shape index (κ2) is 5.65. The van der Waals surface area contributed by atoms with Gasteiger partial charge in [-0.15, -0.1) is 0 Å². The third-order valence-electron chi connectivity index (χ3n) is 3.79. The van der Waals surface area contributed by atoms with E-state index in [1.54, 1.807) is 0 Å². The Morgan fingerprint density at radius 2 is 2.12 bits per heavy atom. The van der Waals surface area contributed by atoms with Crippen LogP contribution in [0.1, 0.15) is 43.9 Å². The molecule has 0 radical (unpaired) electrons. The SMILES string of the molecule is CC(C)C(CCO)NC1CCc2ccccc21. The van der Waals surface area contributed by atoms with Crippen LogP contribution in [0.25, 0.3) is 0 Å². The summed E-state index contributed by atoms with van der Waals surface area (Å²) in [6, 6.07) is 9.59. The van der Waals surface area contributed by atoms with Gasteiger partial charge in [-0.25, -0.2) is 0 Å². The number of fused-ring (bicyclic) bond motifs is 1. The van der Waals surface area contributed by atoms with E-state index in [0.29, 0.717) is 18.0 Å². The molecule has 0 amide bonds. The molecule has 2 N–H and O–H groups in total. The number of benzene rings is 1. The highest BCUT2D eigenvalue weighted by Crippen LogP contribution is 2.31. The van der Waals surface area contributed by atoms with Gasteiger partial charge in [-0.3, -0.25) is 0 Å². The van der Waals surface area contributed by atoms with Crippen LogP contribution in [0.2, 0.25) is 0 Å². The average molecular weight is 233 g/mol. The number of rotatable bonds is 5. The minimum Gasteiger partial charge on any atom is -0.396 e. The fourth-order valence-electron chi connectivity index (χ4n) is 2.74. The summed E-state index contributed by atoms with van der Waals surface area (Å²) in [5.41, 5.74) is 2.94. The molecule has 0 aliphatic heterocycles. The first-order valence-corrected chi connectivity index (χ1v) is 6.67. The Morgan fingerprint density at radius 3 is 2.82 bits per heavy atom. The standard InChI is InChI=1S/C15H23NO/c1-11(2)14(9-10-17)16-15-8-7-12-5-3-4-6-13(12)15/h3-6,11,14-17H,7-10H2,1-2H3. The van der Waals surface area contributed by atoms with Crippen molar-refractivity contribution < 1.29 is 5.11 Å². The number of hydrogen-bond donors (Lipinski definition) is 2. The zero-order valence-corrected chi connectivity index (χ0v) is 10.8. The largest absolute Gasteiger partial charge is 0.396 e. The Morgan fingerprint density at radius 1 is 1.35 bits per heavy atom. The maximum Gasteiger partial charge on any atom is 0.0445 e. The average Bonchev–Trinajstić information content (AvgIpc) is 2.72. The van der Waals surface area contributed by atoms with Gasteiger partial charge < -0.3 is 10.4 Å². The first-order chi connectivity index (χ1) is 8.22. The van der Waals surface area contributed by atoms with Crippen molar-refractivity contribution in [3.05, 3.63) is 35.4 Å². The van der Waals surface area contributed by atoms with Crippen molar-refractivity contribution in [2.24, 2.45) is 5.92 Å². The molecular weight excluding hydrogens is 210 g/mol. The monoisotopic (exact) mass is 233 g/mol. The molecule has 17 heavy (non-hydrogen) atoms. The maximum absolute atomic E-state index is 9.11. The molecule has 2 nitrogen and oxygen atoms in total. The van der Waals surface area contributed by atoms with Crippen LogP contribution < -0.4 is 5.32 Å². The van der Waals surface area contributed by atoms with Crippen LogP contribution in [0, 0.1) is 5.92 Å². The Labute approximate surface area is 104 Å². The Hall–Kier alpha value is -0.860. The van der Waals surface area contributed by atoms with E-state index in [2.05, 4.69) is 43.4 Å². The molecule has 2 atom stereocenters. The summed E-state index contributed by atoms with van der Waals surface area (Å²) < 4.78 is 0. The predicted molar refractivity (Wildman–Crippen MR) is 71.0 cm³/mol. The second-order valence-corrected chi connectivity index (χ2v) is 5.32. The van der Waals surface area contributed by atoms with E-state index in [-0.39, 0.29) is 6.61 Å². The lowest BCUT2D eigenvalue weighted by Gasteiger charge is -2.26. The summed E-state index contributed by atoms with van der Waals surface area (Å²) >= 11 is 0. The first kappa shape index (κ1) is 12.6. The van der Waals surface area contributed by atoms with E-state index in [9.17, 15) is 0 Å². The molecule has 0 aromatic heterocycles.